The average molecular weight is 337 g/mol. The molecule has 0 amide bonds. The molecule has 0 saturated heterocycles. The summed E-state index contributed by atoms with van der Waals surface area (Å²) in [5.41, 5.74) is -0.552. The maximum Gasteiger partial charge on any atom is 0.443 e. The Balaban J connectivity index is 2.09. The highest BCUT2D eigenvalue weighted by Crippen LogP contribution is 2.30. The van der Waals surface area contributed by atoms with E-state index in [-0.39, 0.29) is 11.7 Å². The smallest absolute Gasteiger partial charge is 0.443 e. The molecule has 0 aliphatic heterocycles. The number of benzene rings is 1. The lowest BCUT2D eigenvalue weighted by atomic mass is 10.2. The summed E-state index contributed by atoms with van der Waals surface area (Å²) in [5.74, 6) is -0.929. The topological polar surface area (TPSA) is 70.2 Å². The largest absolute Gasteiger partial charge is 0.496 e. The molecule has 0 unspecified atom stereocenters. The van der Waals surface area contributed by atoms with Gasteiger partial charge in [0, 0.05) is 6.20 Å². The number of para-hydroxylation sites is 1. The zero-order chi connectivity index (χ0) is 17.3. The molecule has 2 aromatic heterocycles. The maximum absolute atomic E-state index is 12.8. The summed E-state index contributed by atoms with van der Waals surface area (Å²) in [6.45, 7) is 0. The molecule has 0 N–H and O–H groups in total. The summed E-state index contributed by atoms with van der Waals surface area (Å²) in [7, 11) is 1.43. The number of rotatable bonds is 3. The van der Waals surface area contributed by atoms with Crippen molar-refractivity contribution in [3.8, 4) is 23.0 Å². The first-order chi connectivity index (χ1) is 11.4. The second-order valence-electron chi connectivity index (χ2n) is 4.69. The van der Waals surface area contributed by atoms with Crippen LogP contribution in [0, 0.1) is 0 Å². The predicted molar refractivity (Wildman–Crippen MR) is 76.9 cm³/mol. The highest BCUT2D eigenvalue weighted by atomic mass is 19.4. The molecule has 124 valence electrons. The minimum absolute atomic E-state index is 0.0864. The number of ether oxygens (including phenoxy) is 1. The lowest BCUT2D eigenvalue weighted by Crippen LogP contribution is -2.16. The minimum Gasteiger partial charge on any atom is -0.496 e. The van der Waals surface area contributed by atoms with Gasteiger partial charge in [-0.1, -0.05) is 12.1 Å². The third kappa shape index (κ3) is 2.87. The number of pyridine rings is 1. The van der Waals surface area contributed by atoms with Crippen LogP contribution < -0.4 is 10.5 Å². The van der Waals surface area contributed by atoms with Crippen molar-refractivity contribution >= 4 is 0 Å². The van der Waals surface area contributed by atoms with Crippen LogP contribution in [0.25, 0.3) is 17.3 Å². The molecule has 1 aromatic carbocycles. The van der Waals surface area contributed by atoms with Crippen molar-refractivity contribution < 1.29 is 22.3 Å². The van der Waals surface area contributed by atoms with Crippen molar-refractivity contribution in [2.24, 2.45) is 0 Å². The molecule has 0 aliphatic rings. The van der Waals surface area contributed by atoms with Gasteiger partial charge in [0.05, 0.1) is 18.2 Å². The van der Waals surface area contributed by atoms with Crippen LogP contribution in [0.2, 0.25) is 0 Å². The van der Waals surface area contributed by atoms with Crippen molar-refractivity contribution in [3.05, 3.63) is 58.7 Å². The second kappa shape index (κ2) is 5.84. The predicted octanol–water partition coefficient (Wildman–Crippen LogP) is 2.91. The number of alkyl halides is 3. The fourth-order valence-corrected chi connectivity index (χ4v) is 2.06. The average Bonchev–Trinajstić information content (AvgIpc) is 2.96. The summed E-state index contributed by atoms with van der Waals surface area (Å²) in [6, 6.07) is 8.15. The van der Waals surface area contributed by atoms with Gasteiger partial charge in [-0.3, -0.25) is 0 Å². The van der Waals surface area contributed by atoms with Crippen LogP contribution in [-0.4, -0.2) is 21.9 Å². The second-order valence-corrected chi connectivity index (χ2v) is 4.69. The van der Waals surface area contributed by atoms with Crippen LogP contribution >= 0.6 is 0 Å². The Labute approximate surface area is 133 Å². The molecule has 0 radical (unpaired) electrons. The number of methoxy groups -OCH3 is 1. The van der Waals surface area contributed by atoms with E-state index in [9.17, 15) is 18.0 Å². The van der Waals surface area contributed by atoms with Crippen LogP contribution in [0.4, 0.5) is 13.2 Å². The van der Waals surface area contributed by atoms with Gasteiger partial charge in [0.15, 0.2) is 5.82 Å². The van der Waals surface area contributed by atoms with Crippen LogP contribution in [0.1, 0.15) is 5.56 Å². The van der Waals surface area contributed by atoms with Crippen molar-refractivity contribution in [1.82, 2.24) is 14.8 Å². The zero-order valence-electron chi connectivity index (χ0n) is 12.2. The van der Waals surface area contributed by atoms with Gasteiger partial charge >= 0.3 is 11.9 Å². The van der Waals surface area contributed by atoms with E-state index in [1.54, 1.807) is 24.3 Å². The molecule has 6 nitrogen and oxygen atoms in total. The first-order valence-corrected chi connectivity index (χ1v) is 6.67. The Hall–Kier alpha value is -3.10. The standard InChI is InChI=1S/C15H10F3N3O3/c1-23-11-5-3-2-4-10(11)13-20-21(14(22)24-13)12-8-9(6-7-19-12)15(16,17)18/h2-8H,1H3. The van der Waals surface area contributed by atoms with Gasteiger partial charge in [-0.25, -0.2) is 9.78 Å². The van der Waals surface area contributed by atoms with Gasteiger partial charge in [0.1, 0.15) is 5.75 Å². The Bertz CT molecular complexity index is 931. The highest BCUT2D eigenvalue weighted by molar-refractivity contribution is 5.62. The lowest BCUT2D eigenvalue weighted by Gasteiger charge is -2.06. The monoisotopic (exact) mass is 337 g/mol. The molecule has 2 heterocycles. The molecule has 0 fully saturated rings. The van der Waals surface area contributed by atoms with Crippen molar-refractivity contribution in [3.63, 3.8) is 0 Å². The first-order valence-electron chi connectivity index (χ1n) is 6.67. The quantitative estimate of drug-likeness (QED) is 0.735. The molecular formula is C15H10F3N3O3. The van der Waals surface area contributed by atoms with Crippen molar-refractivity contribution in [2.75, 3.05) is 7.11 Å². The Morgan fingerprint density at radius 2 is 1.96 bits per heavy atom. The Kier molecular flexibility index (Phi) is 3.84. The molecule has 24 heavy (non-hydrogen) atoms. The van der Waals surface area contributed by atoms with E-state index in [0.717, 1.165) is 18.3 Å². The molecule has 0 bridgehead atoms. The van der Waals surface area contributed by atoms with Gasteiger partial charge in [-0.05, 0) is 24.3 Å². The summed E-state index contributed by atoms with van der Waals surface area (Å²) in [5, 5.41) is 3.91. The number of halogens is 3. The number of hydrogen-bond donors (Lipinski definition) is 0. The molecule has 0 saturated carbocycles. The molecule has 0 atom stereocenters. The summed E-state index contributed by atoms with van der Waals surface area (Å²) >= 11 is 0. The van der Waals surface area contributed by atoms with E-state index in [4.69, 9.17) is 9.15 Å². The summed E-state index contributed by atoms with van der Waals surface area (Å²) in [4.78, 5) is 15.7. The zero-order valence-corrected chi connectivity index (χ0v) is 12.2. The molecule has 9 heteroatoms. The first kappa shape index (κ1) is 15.8. The van der Waals surface area contributed by atoms with Crippen LogP contribution in [0.15, 0.2) is 51.8 Å². The van der Waals surface area contributed by atoms with Gasteiger partial charge in [0.25, 0.3) is 5.89 Å². The van der Waals surface area contributed by atoms with Crippen LogP contribution in [-0.2, 0) is 6.18 Å². The van der Waals surface area contributed by atoms with E-state index in [1.807, 2.05) is 0 Å². The van der Waals surface area contributed by atoms with E-state index in [1.165, 1.54) is 7.11 Å². The fourth-order valence-electron chi connectivity index (χ4n) is 2.06. The summed E-state index contributed by atoms with van der Waals surface area (Å²) in [6.07, 6.45) is -3.61. The summed E-state index contributed by atoms with van der Waals surface area (Å²) < 4.78 is 49.2. The SMILES string of the molecule is COc1ccccc1-c1nn(-c2cc(C(F)(F)F)ccn2)c(=O)o1. The molecular weight excluding hydrogens is 327 g/mol. The number of nitrogens with zero attached hydrogens (tertiary/aromatic N) is 3. The van der Waals surface area contributed by atoms with Gasteiger partial charge < -0.3 is 9.15 Å². The third-order valence-corrected chi connectivity index (χ3v) is 3.17. The van der Waals surface area contributed by atoms with E-state index in [0.29, 0.717) is 16.0 Å². The van der Waals surface area contributed by atoms with Gasteiger partial charge in [0.2, 0.25) is 0 Å². The van der Waals surface area contributed by atoms with Crippen LogP contribution in [0.5, 0.6) is 5.75 Å². The van der Waals surface area contributed by atoms with Gasteiger partial charge in [-0.2, -0.15) is 13.2 Å². The van der Waals surface area contributed by atoms with E-state index >= 15 is 0 Å². The van der Waals surface area contributed by atoms with Crippen molar-refractivity contribution in [1.29, 1.82) is 0 Å². The molecule has 0 aliphatic carbocycles. The van der Waals surface area contributed by atoms with Gasteiger partial charge in [-0.15, -0.1) is 9.78 Å². The van der Waals surface area contributed by atoms with E-state index < -0.39 is 17.5 Å². The maximum atomic E-state index is 12.8. The fraction of sp³-hybridized carbons (Fsp3) is 0.133. The normalized spacial score (nSPS) is 11.5. The number of aromatic nitrogens is 3. The third-order valence-electron chi connectivity index (χ3n) is 3.17. The minimum atomic E-state index is -4.56. The Morgan fingerprint density at radius 1 is 1.21 bits per heavy atom. The molecule has 3 aromatic rings. The highest BCUT2D eigenvalue weighted by Gasteiger charge is 2.31. The Morgan fingerprint density at radius 3 is 2.67 bits per heavy atom. The van der Waals surface area contributed by atoms with Crippen molar-refractivity contribution in [2.45, 2.75) is 6.18 Å². The lowest BCUT2D eigenvalue weighted by molar-refractivity contribution is -0.137. The van der Waals surface area contributed by atoms with E-state index in [2.05, 4.69) is 10.1 Å². The molecule has 0 spiro atoms. The molecule has 3 rings (SSSR count). The number of hydrogen-bond acceptors (Lipinski definition) is 5. The van der Waals surface area contributed by atoms with Crippen LogP contribution in [0.3, 0.4) is 0 Å².